The zero-order valence-corrected chi connectivity index (χ0v) is 43.6. The third-order valence-electron chi connectivity index (χ3n) is 13.7. The van der Waals surface area contributed by atoms with Crippen molar-refractivity contribution in [3.63, 3.8) is 0 Å². The van der Waals surface area contributed by atoms with Crippen molar-refractivity contribution in [2.75, 3.05) is 6.61 Å². The van der Waals surface area contributed by atoms with Crippen LogP contribution in [0.25, 0.3) is 0 Å². The van der Waals surface area contributed by atoms with Gasteiger partial charge in [0.15, 0.2) is 0 Å². The molecule has 1 amide bonds. The summed E-state index contributed by atoms with van der Waals surface area (Å²) in [5, 5.41) is 23.4. The molecule has 0 aliphatic rings. The van der Waals surface area contributed by atoms with Crippen molar-refractivity contribution in [2.24, 2.45) is 0 Å². The predicted molar refractivity (Wildman–Crippen MR) is 285 cm³/mol. The van der Waals surface area contributed by atoms with Crippen LogP contribution >= 0.6 is 0 Å². The highest BCUT2D eigenvalue weighted by Gasteiger charge is 2.20. The molecule has 0 spiro atoms. The summed E-state index contributed by atoms with van der Waals surface area (Å²) in [6, 6.07) is -0.538. The first-order valence-corrected chi connectivity index (χ1v) is 29.2. The molecule has 0 bridgehead atoms. The van der Waals surface area contributed by atoms with Gasteiger partial charge in [-0.15, -0.1) is 0 Å². The van der Waals surface area contributed by atoms with Crippen LogP contribution in [0.1, 0.15) is 322 Å². The van der Waals surface area contributed by atoms with Crippen molar-refractivity contribution in [1.29, 1.82) is 0 Å². The Morgan fingerprint density at radius 2 is 0.641 bits per heavy atom. The molecule has 378 valence electrons. The summed E-state index contributed by atoms with van der Waals surface area (Å²) in [5.41, 5.74) is 0. The minimum atomic E-state index is -0.661. The van der Waals surface area contributed by atoms with Gasteiger partial charge in [0.25, 0.3) is 0 Å². The number of carbonyl (C=O) groups is 1. The number of unbranched alkanes of at least 4 members (excludes halogenated alkanes) is 41. The maximum atomic E-state index is 12.5. The van der Waals surface area contributed by atoms with E-state index < -0.39 is 12.1 Å². The number of carbonyl (C=O) groups excluding carboxylic acids is 1. The summed E-state index contributed by atoms with van der Waals surface area (Å²) in [5.74, 6) is -0.0291. The van der Waals surface area contributed by atoms with Crippen molar-refractivity contribution < 1.29 is 15.0 Å². The Morgan fingerprint density at radius 3 is 0.953 bits per heavy atom. The molecular formula is C60H115NO3. The molecule has 0 rings (SSSR count). The molecule has 0 aromatic heterocycles. The van der Waals surface area contributed by atoms with Crippen LogP contribution in [0.4, 0.5) is 0 Å². The number of aliphatic hydroxyl groups is 2. The van der Waals surface area contributed by atoms with E-state index in [-0.39, 0.29) is 12.5 Å². The Bertz CT molecular complexity index is 974. The lowest BCUT2D eigenvalue weighted by atomic mass is 10.0. The van der Waals surface area contributed by atoms with Gasteiger partial charge >= 0.3 is 0 Å². The minimum absolute atomic E-state index is 0.0291. The van der Waals surface area contributed by atoms with E-state index >= 15 is 0 Å². The zero-order valence-electron chi connectivity index (χ0n) is 43.6. The maximum Gasteiger partial charge on any atom is 0.220 e. The fourth-order valence-electron chi connectivity index (χ4n) is 9.20. The van der Waals surface area contributed by atoms with Crippen molar-refractivity contribution in [3.8, 4) is 0 Å². The Labute approximate surface area is 402 Å². The number of nitrogens with one attached hydrogen (secondary N) is 1. The second-order valence-electron chi connectivity index (χ2n) is 20.1. The molecule has 0 radical (unpaired) electrons. The Morgan fingerprint density at radius 1 is 0.375 bits per heavy atom. The number of hydrogen-bond acceptors (Lipinski definition) is 3. The smallest absolute Gasteiger partial charge is 0.220 e. The molecule has 64 heavy (non-hydrogen) atoms. The van der Waals surface area contributed by atoms with E-state index in [0.717, 1.165) is 38.5 Å². The van der Waals surface area contributed by atoms with Gasteiger partial charge in [-0.2, -0.15) is 0 Å². The van der Waals surface area contributed by atoms with E-state index in [0.29, 0.717) is 12.8 Å². The van der Waals surface area contributed by atoms with Crippen molar-refractivity contribution in [3.05, 3.63) is 36.5 Å². The average molecular weight is 899 g/mol. The minimum Gasteiger partial charge on any atom is -0.394 e. The lowest BCUT2D eigenvalue weighted by Crippen LogP contribution is -2.45. The fraction of sp³-hybridized carbons (Fsp3) is 0.883. The molecule has 0 fully saturated rings. The lowest BCUT2D eigenvalue weighted by molar-refractivity contribution is -0.123. The summed E-state index contributed by atoms with van der Waals surface area (Å²) < 4.78 is 0. The van der Waals surface area contributed by atoms with E-state index in [2.05, 4.69) is 55.6 Å². The molecule has 4 nitrogen and oxygen atoms in total. The van der Waals surface area contributed by atoms with Crippen molar-refractivity contribution in [1.82, 2.24) is 5.32 Å². The quantitative estimate of drug-likeness (QED) is 0.0421. The number of rotatable bonds is 54. The van der Waals surface area contributed by atoms with Crippen LogP contribution in [0.5, 0.6) is 0 Å². The van der Waals surface area contributed by atoms with Crippen LogP contribution in [-0.2, 0) is 4.79 Å². The summed E-state index contributed by atoms with van der Waals surface area (Å²) in [7, 11) is 0. The maximum absolute atomic E-state index is 12.5. The number of allylic oxidation sites excluding steroid dienone is 6. The molecule has 2 unspecified atom stereocenters. The Hall–Kier alpha value is -1.39. The highest BCUT2D eigenvalue weighted by atomic mass is 16.3. The van der Waals surface area contributed by atoms with Gasteiger partial charge in [-0.05, 0) is 51.4 Å². The number of amides is 1. The van der Waals surface area contributed by atoms with Gasteiger partial charge < -0.3 is 15.5 Å². The standard InChI is InChI=1S/C60H115NO3/c1-3-5-7-9-11-13-15-17-19-21-23-25-27-29-30-32-34-36-38-40-42-44-46-48-50-52-54-56-60(64)61-58(57-62)59(63)55-53-51-49-47-45-43-41-39-37-35-33-31-28-26-24-22-20-18-16-14-12-10-8-6-4-2/h15,17,21,23,27,29,58-59,62-63H,3-14,16,18-20,22,24-26,28,30-57H2,1-2H3,(H,61,64)/b17-15-,23-21-,29-27-. The van der Waals surface area contributed by atoms with E-state index in [1.54, 1.807) is 0 Å². The summed E-state index contributed by atoms with van der Waals surface area (Å²) in [6.45, 7) is 4.38. The summed E-state index contributed by atoms with van der Waals surface area (Å²) >= 11 is 0. The van der Waals surface area contributed by atoms with Crippen LogP contribution in [-0.4, -0.2) is 34.9 Å². The molecule has 0 saturated heterocycles. The molecule has 0 aromatic rings. The monoisotopic (exact) mass is 898 g/mol. The highest BCUT2D eigenvalue weighted by Crippen LogP contribution is 2.18. The van der Waals surface area contributed by atoms with Gasteiger partial charge in [0, 0.05) is 6.42 Å². The zero-order chi connectivity index (χ0) is 46.3. The molecule has 0 aromatic carbocycles. The molecular weight excluding hydrogens is 783 g/mol. The fourth-order valence-corrected chi connectivity index (χ4v) is 9.20. The molecule has 0 saturated carbocycles. The van der Waals surface area contributed by atoms with Gasteiger partial charge in [-0.3, -0.25) is 4.79 Å². The second kappa shape index (κ2) is 55.9. The van der Waals surface area contributed by atoms with Crippen LogP contribution < -0.4 is 5.32 Å². The van der Waals surface area contributed by atoms with Crippen LogP contribution in [0, 0.1) is 0 Å². The van der Waals surface area contributed by atoms with E-state index in [4.69, 9.17) is 0 Å². The van der Waals surface area contributed by atoms with Crippen molar-refractivity contribution >= 4 is 5.91 Å². The third-order valence-corrected chi connectivity index (χ3v) is 13.7. The SMILES string of the molecule is CCCCCCC/C=C\C/C=C\C/C=C\CCCCCCCCCCCCCCC(=O)NC(CO)C(O)CCCCCCCCCCCCCCCCCCCCCCCCCCC. The first-order chi connectivity index (χ1) is 31.7. The van der Waals surface area contributed by atoms with Gasteiger partial charge in [-0.25, -0.2) is 0 Å². The molecule has 0 aliphatic carbocycles. The van der Waals surface area contributed by atoms with Crippen LogP contribution in [0.15, 0.2) is 36.5 Å². The highest BCUT2D eigenvalue weighted by molar-refractivity contribution is 5.76. The van der Waals surface area contributed by atoms with Gasteiger partial charge in [-0.1, -0.05) is 301 Å². The third kappa shape index (κ3) is 51.6. The average Bonchev–Trinajstić information content (AvgIpc) is 3.30. The first-order valence-electron chi connectivity index (χ1n) is 29.2. The number of aliphatic hydroxyl groups excluding tert-OH is 2. The van der Waals surface area contributed by atoms with Gasteiger partial charge in [0.2, 0.25) is 5.91 Å². The van der Waals surface area contributed by atoms with E-state index in [1.165, 1.54) is 257 Å². The molecule has 0 heterocycles. The van der Waals surface area contributed by atoms with E-state index in [1.807, 2.05) is 0 Å². The number of hydrogen-bond donors (Lipinski definition) is 3. The second-order valence-corrected chi connectivity index (χ2v) is 20.1. The van der Waals surface area contributed by atoms with Crippen molar-refractivity contribution in [2.45, 2.75) is 334 Å². The Kier molecular flexibility index (Phi) is 54.7. The molecule has 4 heteroatoms. The molecule has 3 N–H and O–H groups in total. The van der Waals surface area contributed by atoms with E-state index in [9.17, 15) is 15.0 Å². The van der Waals surface area contributed by atoms with Crippen LogP contribution in [0.3, 0.4) is 0 Å². The van der Waals surface area contributed by atoms with Gasteiger partial charge in [0.05, 0.1) is 18.8 Å². The summed E-state index contributed by atoms with van der Waals surface area (Å²) in [4.78, 5) is 12.5. The predicted octanol–water partition coefficient (Wildman–Crippen LogP) is 19.3. The lowest BCUT2D eigenvalue weighted by Gasteiger charge is -2.22. The van der Waals surface area contributed by atoms with Gasteiger partial charge in [0.1, 0.15) is 0 Å². The van der Waals surface area contributed by atoms with Crippen LogP contribution in [0.2, 0.25) is 0 Å². The first kappa shape index (κ1) is 62.6. The Balaban J connectivity index is 3.45. The molecule has 2 atom stereocenters. The normalized spacial score (nSPS) is 13.0. The largest absolute Gasteiger partial charge is 0.394 e. The molecule has 0 aliphatic heterocycles. The topological polar surface area (TPSA) is 69.6 Å². The summed E-state index contributed by atoms with van der Waals surface area (Å²) in [6.07, 6.45) is 75.6.